The molecule has 170 valence electrons. The van der Waals surface area contributed by atoms with Crippen LogP contribution < -0.4 is 0 Å². The van der Waals surface area contributed by atoms with E-state index < -0.39 is 29.7 Å². The molecule has 0 radical (unpaired) electrons. The average molecular weight is 444 g/mol. The van der Waals surface area contributed by atoms with Crippen molar-refractivity contribution < 1.29 is 19.1 Å². The maximum Gasteiger partial charge on any atom is 0.417 e. The fraction of sp³-hybridized carbons (Fsp3) is 0.286. The van der Waals surface area contributed by atoms with E-state index in [-0.39, 0.29) is 6.61 Å². The minimum absolute atomic E-state index is 0.267. The van der Waals surface area contributed by atoms with E-state index >= 15 is 0 Å². The Morgan fingerprint density at radius 2 is 1.55 bits per heavy atom. The molecule has 5 heteroatoms. The third-order valence-corrected chi connectivity index (χ3v) is 6.00. The minimum atomic E-state index is -0.834. The maximum atomic E-state index is 13.2. The Kier molecular flexibility index (Phi) is 6.34. The van der Waals surface area contributed by atoms with Crippen LogP contribution in [-0.2, 0) is 20.9 Å². The molecule has 2 atom stereocenters. The van der Waals surface area contributed by atoms with Crippen LogP contribution >= 0.6 is 0 Å². The molecule has 1 saturated heterocycles. The van der Waals surface area contributed by atoms with Gasteiger partial charge in [0.05, 0.1) is 6.61 Å². The molecule has 0 bridgehead atoms. The predicted octanol–water partition coefficient (Wildman–Crippen LogP) is 6.07. The molecule has 0 spiro atoms. The monoisotopic (exact) mass is 443 g/mol. The van der Waals surface area contributed by atoms with Gasteiger partial charge in [-0.2, -0.15) is 0 Å². The number of carbonyl (C=O) groups is 2. The second-order valence-corrected chi connectivity index (χ2v) is 9.01. The quantitative estimate of drug-likeness (QED) is 0.464. The lowest BCUT2D eigenvalue weighted by Crippen LogP contribution is -2.43. The van der Waals surface area contributed by atoms with Crippen LogP contribution in [0.4, 0.5) is 4.79 Å². The van der Waals surface area contributed by atoms with Crippen molar-refractivity contribution in [3.8, 4) is 11.1 Å². The second kappa shape index (κ2) is 9.20. The summed E-state index contributed by atoms with van der Waals surface area (Å²) in [6, 6.07) is 25.4. The smallest absolute Gasteiger partial charge is 0.417 e. The molecule has 1 aliphatic rings. The van der Waals surface area contributed by atoms with E-state index in [4.69, 9.17) is 9.47 Å². The van der Waals surface area contributed by atoms with Gasteiger partial charge in [0.2, 0.25) is 0 Å². The van der Waals surface area contributed by atoms with Crippen LogP contribution in [0.3, 0.4) is 0 Å². The highest BCUT2D eigenvalue weighted by molar-refractivity contribution is 5.96. The summed E-state index contributed by atoms with van der Waals surface area (Å²) in [5.74, 6) is -0.407. The summed E-state index contributed by atoms with van der Waals surface area (Å²) in [5.41, 5.74) is 4.46. The molecular formula is C28H29NO4. The van der Waals surface area contributed by atoms with Crippen LogP contribution in [-0.4, -0.2) is 28.6 Å². The number of ether oxygens (including phenoxy) is 2. The molecule has 2 amide bonds. The first-order chi connectivity index (χ1) is 15.8. The van der Waals surface area contributed by atoms with Crippen LogP contribution in [0.25, 0.3) is 11.1 Å². The lowest BCUT2D eigenvalue weighted by Gasteiger charge is -2.29. The van der Waals surface area contributed by atoms with Gasteiger partial charge >= 0.3 is 6.09 Å². The fourth-order valence-electron chi connectivity index (χ4n) is 4.18. The van der Waals surface area contributed by atoms with Crippen molar-refractivity contribution in [3.05, 3.63) is 95.6 Å². The zero-order valence-electron chi connectivity index (χ0n) is 19.4. The van der Waals surface area contributed by atoms with Gasteiger partial charge in [0.15, 0.2) is 0 Å². The van der Waals surface area contributed by atoms with Crippen molar-refractivity contribution in [2.24, 2.45) is 0 Å². The summed E-state index contributed by atoms with van der Waals surface area (Å²) in [5, 5.41) is 0. The Morgan fingerprint density at radius 1 is 0.970 bits per heavy atom. The van der Waals surface area contributed by atoms with E-state index in [0.717, 1.165) is 22.3 Å². The number of nitrogens with zero attached hydrogens (tertiary/aromatic N) is 1. The fourth-order valence-corrected chi connectivity index (χ4v) is 4.18. The molecule has 0 saturated carbocycles. The third-order valence-electron chi connectivity index (χ3n) is 6.00. The summed E-state index contributed by atoms with van der Waals surface area (Å²) >= 11 is 0. The summed E-state index contributed by atoms with van der Waals surface area (Å²) in [4.78, 5) is 27.0. The van der Waals surface area contributed by atoms with E-state index in [1.54, 1.807) is 6.92 Å². The van der Waals surface area contributed by atoms with Gasteiger partial charge in [0.25, 0.3) is 5.91 Å². The number of cyclic esters (lactones) is 1. The van der Waals surface area contributed by atoms with Gasteiger partial charge in [-0.05, 0) is 49.9 Å². The van der Waals surface area contributed by atoms with Gasteiger partial charge in [-0.3, -0.25) is 4.79 Å². The molecule has 5 nitrogen and oxygen atoms in total. The minimum Gasteiger partial charge on any atom is -0.440 e. The van der Waals surface area contributed by atoms with Gasteiger partial charge in [-0.25, -0.2) is 9.69 Å². The molecule has 4 rings (SSSR count). The summed E-state index contributed by atoms with van der Waals surface area (Å²) in [7, 11) is 0. The summed E-state index contributed by atoms with van der Waals surface area (Å²) < 4.78 is 11.4. The van der Waals surface area contributed by atoms with Gasteiger partial charge < -0.3 is 9.47 Å². The van der Waals surface area contributed by atoms with Gasteiger partial charge in [-0.1, -0.05) is 84.4 Å². The molecule has 3 aromatic rings. The first-order valence-corrected chi connectivity index (χ1v) is 11.1. The number of hydrogen-bond donors (Lipinski definition) is 0. The number of rotatable bonds is 6. The molecule has 1 aliphatic heterocycles. The number of benzene rings is 3. The number of hydrogen-bond acceptors (Lipinski definition) is 4. The highest BCUT2D eigenvalue weighted by Gasteiger charge is 2.52. The molecular weight excluding hydrogens is 414 g/mol. The highest BCUT2D eigenvalue weighted by Crippen LogP contribution is 2.41. The predicted molar refractivity (Wildman–Crippen MR) is 127 cm³/mol. The van der Waals surface area contributed by atoms with E-state index in [1.165, 1.54) is 10.5 Å². The molecule has 0 aromatic heterocycles. The molecule has 0 aliphatic carbocycles. The lowest BCUT2D eigenvalue weighted by molar-refractivity contribution is -0.141. The lowest BCUT2D eigenvalue weighted by atomic mass is 9.91. The van der Waals surface area contributed by atoms with Crippen molar-refractivity contribution in [2.45, 2.75) is 52.0 Å². The van der Waals surface area contributed by atoms with Crippen LogP contribution in [0.1, 0.15) is 43.5 Å². The van der Waals surface area contributed by atoms with Crippen molar-refractivity contribution in [2.75, 3.05) is 0 Å². The molecule has 0 unspecified atom stereocenters. The average Bonchev–Trinajstić information content (AvgIpc) is 3.06. The second-order valence-electron chi connectivity index (χ2n) is 9.01. The normalized spacial score (nSPS) is 18.1. The Hall–Kier alpha value is -3.44. The molecule has 3 aromatic carbocycles. The first-order valence-electron chi connectivity index (χ1n) is 11.1. The molecule has 1 fully saturated rings. The van der Waals surface area contributed by atoms with E-state index in [2.05, 4.69) is 31.2 Å². The van der Waals surface area contributed by atoms with Crippen LogP contribution in [0.5, 0.6) is 0 Å². The van der Waals surface area contributed by atoms with Crippen molar-refractivity contribution in [1.82, 2.24) is 4.90 Å². The van der Waals surface area contributed by atoms with E-state index in [1.807, 2.05) is 68.4 Å². The van der Waals surface area contributed by atoms with Crippen molar-refractivity contribution >= 4 is 12.0 Å². The van der Waals surface area contributed by atoms with Crippen LogP contribution in [0.15, 0.2) is 78.9 Å². The summed E-state index contributed by atoms with van der Waals surface area (Å²) in [6.07, 6.45) is -1.44. The number of aryl methyl sites for hydroxylation is 1. The first kappa shape index (κ1) is 22.7. The molecule has 33 heavy (non-hydrogen) atoms. The zero-order valence-corrected chi connectivity index (χ0v) is 19.4. The van der Waals surface area contributed by atoms with Gasteiger partial charge in [-0.15, -0.1) is 0 Å². The van der Waals surface area contributed by atoms with Crippen molar-refractivity contribution in [3.63, 3.8) is 0 Å². The van der Waals surface area contributed by atoms with Crippen molar-refractivity contribution in [1.29, 1.82) is 0 Å². The number of amides is 2. The Morgan fingerprint density at radius 3 is 2.15 bits per heavy atom. The standard InChI is InChI=1S/C28H29NO4/c1-19-10-14-22(15-11-19)23-16-12-21(13-17-23)18-32-20(2)26(30)29-25(24-8-6-5-7-9-24)28(3,4)33-27(29)31/h5-17,20,25H,18H2,1-4H3/t20-,25-/m0/s1. The van der Waals surface area contributed by atoms with Crippen LogP contribution in [0, 0.1) is 6.92 Å². The number of imide groups is 1. The molecule has 1 heterocycles. The molecule has 0 N–H and O–H groups in total. The summed E-state index contributed by atoms with van der Waals surface area (Å²) in [6.45, 7) is 7.64. The van der Waals surface area contributed by atoms with E-state index in [0.29, 0.717) is 0 Å². The SMILES string of the molecule is Cc1ccc(-c2ccc(CO[C@@H](C)C(=O)N3C(=O)OC(C)(C)[C@@H]3c3ccccc3)cc2)cc1. The highest BCUT2D eigenvalue weighted by atomic mass is 16.6. The Labute approximate surface area is 194 Å². The largest absolute Gasteiger partial charge is 0.440 e. The van der Waals surface area contributed by atoms with E-state index in [9.17, 15) is 9.59 Å². The Bertz CT molecular complexity index is 1120. The van der Waals surface area contributed by atoms with Crippen LogP contribution in [0.2, 0.25) is 0 Å². The topological polar surface area (TPSA) is 55.8 Å². The maximum absolute atomic E-state index is 13.2. The van der Waals surface area contributed by atoms with Gasteiger partial charge in [0.1, 0.15) is 17.7 Å². The zero-order chi connectivity index (χ0) is 23.6. The number of carbonyl (C=O) groups excluding carboxylic acids is 2. The Balaban J connectivity index is 1.43. The van der Waals surface area contributed by atoms with Gasteiger partial charge in [0, 0.05) is 0 Å². The third kappa shape index (κ3) is 4.83.